The Hall–Kier alpha value is -1.40. The smallest absolute Gasteiger partial charge is 0.177 e. The highest BCUT2D eigenvalue weighted by atomic mass is 32.2. The molecule has 1 aromatic carbocycles. The number of aromatic nitrogens is 2. The van der Waals surface area contributed by atoms with Gasteiger partial charge in [0, 0.05) is 13.3 Å². The Bertz CT molecular complexity index is 730. The highest BCUT2D eigenvalue weighted by molar-refractivity contribution is 7.91. The number of imidazole rings is 1. The van der Waals surface area contributed by atoms with E-state index < -0.39 is 15.4 Å². The van der Waals surface area contributed by atoms with E-state index in [4.69, 9.17) is 5.73 Å². The van der Waals surface area contributed by atoms with Gasteiger partial charge < -0.3 is 10.3 Å². The maximum atomic E-state index is 11.8. The normalized spacial score (nSPS) is 15.6. The van der Waals surface area contributed by atoms with E-state index in [1.54, 1.807) is 12.1 Å². The monoisotopic (exact) mass is 281 g/mol. The highest BCUT2D eigenvalue weighted by Crippen LogP contribution is 2.28. The second-order valence-electron chi connectivity index (χ2n) is 5.16. The number of hydrogen-bond acceptors (Lipinski definition) is 4. The minimum atomic E-state index is -3.30. The van der Waals surface area contributed by atoms with E-state index in [2.05, 4.69) is 4.98 Å². The molecule has 2 rings (SSSR count). The summed E-state index contributed by atoms with van der Waals surface area (Å²) in [4.78, 5) is 4.73. The summed E-state index contributed by atoms with van der Waals surface area (Å²) in [7, 11) is -1.44. The van der Waals surface area contributed by atoms with Crippen molar-refractivity contribution >= 4 is 20.9 Å². The predicted molar refractivity (Wildman–Crippen MR) is 75.7 cm³/mol. The lowest BCUT2D eigenvalue weighted by molar-refractivity contribution is 0.434. The van der Waals surface area contributed by atoms with Gasteiger partial charge >= 0.3 is 0 Å². The lowest BCUT2D eigenvalue weighted by atomic mass is 10.00. The maximum absolute atomic E-state index is 11.8. The SMILES string of the molecule is CCC(C)(N)c1nc2c(S(C)(=O)=O)cccc2n1C. The quantitative estimate of drug-likeness (QED) is 0.926. The fourth-order valence-electron chi connectivity index (χ4n) is 2.16. The van der Waals surface area contributed by atoms with Crippen LogP contribution in [0.2, 0.25) is 0 Å². The third kappa shape index (κ3) is 2.26. The molecule has 104 valence electrons. The molecule has 0 bridgehead atoms. The van der Waals surface area contributed by atoms with Crippen LogP contribution in [-0.4, -0.2) is 24.2 Å². The average Bonchev–Trinajstić information content (AvgIpc) is 2.66. The molecule has 2 N–H and O–H groups in total. The summed E-state index contributed by atoms with van der Waals surface area (Å²) in [5.41, 5.74) is 6.92. The molecule has 0 spiro atoms. The summed E-state index contributed by atoms with van der Waals surface area (Å²) in [6.45, 7) is 3.88. The van der Waals surface area contributed by atoms with Crippen LogP contribution >= 0.6 is 0 Å². The first kappa shape index (κ1) is 14.0. The van der Waals surface area contributed by atoms with Crippen molar-refractivity contribution in [1.82, 2.24) is 9.55 Å². The summed E-state index contributed by atoms with van der Waals surface area (Å²) in [5, 5.41) is 0. The Balaban J connectivity index is 2.85. The van der Waals surface area contributed by atoms with Gasteiger partial charge in [0.15, 0.2) is 9.84 Å². The zero-order chi connectivity index (χ0) is 14.4. The largest absolute Gasteiger partial charge is 0.330 e. The summed E-state index contributed by atoms with van der Waals surface area (Å²) in [6.07, 6.45) is 1.91. The first-order valence-electron chi connectivity index (χ1n) is 6.13. The van der Waals surface area contributed by atoms with Gasteiger partial charge in [0.1, 0.15) is 11.3 Å². The molecule has 0 radical (unpaired) electrons. The summed E-state index contributed by atoms with van der Waals surface area (Å²) < 4.78 is 25.5. The number of fused-ring (bicyclic) bond motifs is 1. The van der Waals surface area contributed by atoms with Gasteiger partial charge in [-0.1, -0.05) is 13.0 Å². The van der Waals surface area contributed by atoms with Crippen LogP contribution in [0, 0.1) is 0 Å². The first-order chi connectivity index (χ1) is 8.68. The van der Waals surface area contributed by atoms with E-state index in [0.717, 1.165) is 11.9 Å². The highest BCUT2D eigenvalue weighted by Gasteiger charge is 2.27. The van der Waals surface area contributed by atoms with E-state index in [1.165, 1.54) is 6.26 Å². The van der Waals surface area contributed by atoms with Crippen LogP contribution in [0.3, 0.4) is 0 Å². The van der Waals surface area contributed by atoms with Gasteiger partial charge in [0.05, 0.1) is 16.0 Å². The lowest BCUT2D eigenvalue weighted by Crippen LogP contribution is -2.35. The van der Waals surface area contributed by atoms with Crippen LogP contribution in [0.15, 0.2) is 23.1 Å². The molecule has 1 aromatic heterocycles. The van der Waals surface area contributed by atoms with Crippen LogP contribution in [0.1, 0.15) is 26.1 Å². The van der Waals surface area contributed by atoms with Crippen LogP contribution < -0.4 is 5.73 Å². The molecule has 0 aliphatic heterocycles. The van der Waals surface area contributed by atoms with Crippen molar-refractivity contribution < 1.29 is 8.42 Å². The molecule has 1 atom stereocenters. The van der Waals surface area contributed by atoms with Crippen molar-refractivity contribution in [3.05, 3.63) is 24.0 Å². The van der Waals surface area contributed by atoms with Crippen molar-refractivity contribution in [2.24, 2.45) is 12.8 Å². The molecule has 1 unspecified atom stereocenters. The number of nitrogens with two attached hydrogens (primary N) is 1. The van der Waals surface area contributed by atoms with Gasteiger partial charge in [-0.25, -0.2) is 13.4 Å². The number of hydrogen-bond donors (Lipinski definition) is 1. The van der Waals surface area contributed by atoms with E-state index in [9.17, 15) is 8.42 Å². The Morgan fingerprint density at radius 1 is 1.42 bits per heavy atom. The molecule has 19 heavy (non-hydrogen) atoms. The fourth-order valence-corrected chi connectivity index (χ4v) is 2.98. The van der Waals surface area contributed by atoms with Crippen molar-refractivity contribution in [3.63, 3.8) is 0 Å². The van der Waals surface area contributed by atoms with Crippen LogP contribution in [0.25, 0.3) is 11.0 Å². The summed E-state index contributed by atoms with van der Waals surface area (Å²) in [6, 6.07) is 5.16. The second kappa shape index (κ2) is 4.31. The third-order valence-electron chi connectivity index (χ3n) is 3.52. The Morgan fingerprint density at radius 2 is 2.05 bits per heavy atom. The third-order valence-corrected chi connectivity index (χ3v) is 4.65. The molecule has 2 aromatic rings. The van der Waals surface area contributed by atoms with Gasteiger partial charge in [-0.3, -0.25) is 0 Å². The molecule has 0 saturated carbocycles. The minimum Gasteiger partial charge on any atom is -0.330 e. The molecule has 5 nitrogen and oxygen atoms in total. The molecule has 0 saturated heterocycles. The van der Waals surface area contributed by atoms with Gasteiger partial charge in [0.25, 0.3) is 0 Å². The summed E-state index contributed by atoms with van der Waals surface area (Å²) in [5.74, 6) is 0.695. The van der Waals surface area contributed by atoms with E-state index >= 15 is 0 Å². The number of para-hydroxylation sites is 1. The van der Waals surface area contributed by atoms with Crippen molar-refractivity contribution in [2.45, 2.75) is 30.7 Å². The Kier molecular flexibility index (Phi) is 3.18. The molecular formula is C13H19N3O2S. The first-order valence-corrected chi connectivity index (χ1v) is 8.02. The van der Waals surface area contributed by atoms with Crippen LogP contribution in [0.5, 0.6) is 0 Å². The minimum absolute atomic E-state index is 0.249. The van der Waals surface area contributed by atoms with Gasteiger partial charge in [-0.15, -0.1) is 0 Å². The zero-order valence-corrected chi connectivity index (χ0v) is 12.5. The van der Waals surface area contributed by atoms with Gasteiger partial charge in [-0.2, -0.15) is 0 Å². The molecule has 0 aliphatic rings. The number of rotatable bonds is 3. The Labute approximate surface area is 113 Å². The topological polar surface area (TPSA) is 78.0 Å². The number of nitrogens with zero attached hydrogens (tertiary/aromatic N) is 2. The van der Waals surface area contributed by atoms with Crippen molar-refractivity contribution in [1.29, 1.82) is 0 Å². The molecular weight excluding hydrogens is 262 g/mol. The summed E-state index contributed by atoms with van der Waals surface area (Å²) >= 11 is 0. The van der Waals surface area contributed by atoms with E-state index in [1.807, 2.05) is 31.5 Å². The number of sulfone groups is 1. The zero-order valence-electron chi connectivity index (χ0n) is 11.6. The second-order valence-corrected chi connectivity index (χ2v) is 7.15. The molecule has 1 heterocycles. The average molecular weight is 281 g/mol. The van der Waals surface area contributed by atoms with E-state index in [-0.39, 0.29) is 4.90 Å². The molecule has 0 aliphatic carbocycles. The van der Waals surface area contributed by atoms with Crippen molar-refractivity contribution in [3.8, 4) is 0 Å². The number of aryl methyl sites for hydroxylation is 1. The maximum Gasteiger partial charge on any atom is 0.177 e. The fraction of sp³-hybridized carbons (Fsp3) is 0.462. The number of benzene rings is 1. The van der Waals surface area contributed by atoms with Crippen molar-refractivity contribution in [2.75, 3.05) is 6.26 Å². The van der Waals surface area contributed by atoms with Gasteiger partial charge in [-0.05, 0) is 25.5 Å². The van der Waals surface area contributed by atoms with Crippen LogP contribution in [0.4, 0.5) is 0 Å². The molecule has 0 amide bonds. The lowest BCUT2D eigenvalue weighted by Gasteiger charge is -2.21. The van der Waals surface area contributed by atoms with Crippen LogP contribution in [-0.2, 0) is 22.4 Å². The standard InChI is InChI=1S/C13H19N3O2S/c1-5-13(2,14)12-15-11-9(16(12)3)7-6-8-10(11)19(4,17)18/h6-8H,5,14H2,1-4H3. The molecule has 0 fully saturated rings. The Morgan fingerprint density at radius 3 is 2.58 bits per heavy atom. The van der Waals surface area contributed by atoms with E-state index in [0.29, 0.717) is 11.3 Å². The molecule has 6 heteroatoms. The predicted octanol–water partition coefficient (Wildman–Crippen LogP) is 1.56. The van der Waals surface area contributed by atoms with Gasteiger partial charge in [0.2, 0.25) is 0 Å².